The smallest absolute Gasteiger partial charge is 0.268 e. The summed E-state index contributed by atoms with van der Waals surface area (Å²) < 4.78 is 1.80. The lowest BCUT2D eigenvalue weighted by Crippen LogP contribution is -2.48. The molecule has 4 rings (SSSR count). The van der Waals surface area contributed by atoms with Gasteiger partial charge >= 0.3 is 0 Å². The molecule has 2 aromatic heterocycles. The number of hydrogen-bond donors (Lipinski definition) is 1. The number of rotatable bonds is 2. The Hall–Kier alpha value is -2.32. The van der Waals surface area contributed by atoms with Gasteiger partial charge in [-0.25, -0.2) is 0 Å². The van der Waals surface area contributed by atoms with Crippen molar-refractivity contribution in [2.24, 2.45) is 0 Å². The van der Waals surface area contributed by atoms with Gasteiger partial charge in [0.1, 0.15) is 11.8 Å². The normalized spacial score (nSPS) is 27.0. The van der Waals surface area contributed by atoms with Gasteiger partial charge in [-0.15, -0.1) is 0 Å². The number of hydrogen-bond acceptors (Lipinski definition) is 3. The molecule has 0 spiro atoms. The van der Waals surface area contributed by atoms with E-state index >= 15 is 0 Å². The van der Waals surface area contributed by atoms with E-state index < -0.39 is 0 Å². The van der Waals surface area contributed by atoms with Crippen molar-refractivity contribution in [1.82, 2.24) is 14.6 Å². The molecule has 1 amide bonds. The summed E-state index contributed by atoms with van der Waals surface area (Å²) in [5.41, 5.74) is 1.87. The van der Waals surface area contributed by atoms with Crippen LogP contribution in [0.5, 0.6) is 0 Å². The Balaban J connectivity index is 1.58. The van der Waals surface area contributed by atoms with Crippen molar-refractivity contribution in [1.29, 1.82) is 5.26 Å². The number of nitriles is 1. The van der Waals surface area contributed by atoms with Crippen molar-refractivity contribution >= 4 is 11.4 Å². The lowest BCUT2D eigenvalue weighted by atomic mass is 9.98. The molecule has 2 saturated heterocycles. The van der Waals surface area contributed by atoms with Gasteiger partial charge in [0, 0.05) is 24.3 Å². The van der Waals surface area contributed by atoms with Crippen LogP contribution in [0.15, 0.2) is 30.5 Å². The topological polar surface area (TPSA) is 60.5 Å². The van der Waals surface area contributed by atoms with Crippen LogP contribution in [0.25, 0.3) is 5.52 Å². The summed E-state index contributed by atoms with van der Waals surface area (Å²) in [5, 5.41) is 12.4. The van der Waals surface area contributed by atoms with Crippen LogP contribution in [0, 0.1) is 11.3 Å². The summed E-state index contributed by atoms with van der Waals surface area (Å²) >= 11 is 0. The van der Waals surface area contributed by atoms with Crippen molar-refractivity contribution in [3.05, 3.63) is 41.7 Å². The third-order valence-electron chi connectivity index (χ3n) is 5.46. The summed E-state index contributed by atoms with van der Waals surface area (Å²) in [7, 11) is 2.19. The van der Waals surface area contributed by atoms with Crippen LogP contribution in [0.4, 0.5) is 0 Å². The Morgan fingerprint density at radius 2 is 2.04 bits per heavy atom. The van der Waals surface area contributed by atoms with Crippen molar-refractivity contribution in [2.75, 3.05) is 7.05 Å². The van der Waals surface area contributed by atoms with Gasteiger partial charge in [-0.05, 0) is 50.9 Å². The fourth-order valence-electron chi connectivity index (χ4n) is 4.21. The molecular weight excluding hydrogens is 288 g/mol. The lowest BCUT2D eigenvalue weighted by Gasteiger charge is -2.36. The van der Waals surface area contributed by atoms with Gasteiger partial charge in [-0.3, -0.25) is 4.79 Å². The first kappa shape index (κ1) is 14.3. The van der Waals surface area contributed by atoms with Gasteiger partial charge in [0.05, 0.1) is 11.1 Å². The van der Waals surface area contributed by atoms with E-state index in [4.69, 9.17) is 0 Å². The second-order valence-corrected chi connectivity index (χ2v) is 6.70. The molecule has 2 bridgehead atoms. The quantitative estimate of drug-likeness (QED) is 0.925. The number of carbonyl (C=O) groups is 1. The molecule has 118 valence electrons. The largest absolute Gasteiger partial charge is 0.348 e. The van der Waals surface area contributed by atoms with Gasteiger partial charge < -0.3 is 14.6 Å². The van der Waals surface area contributed by atoms with Crippen molar-refractivity contribution in [3.63, 3.8) is 0 Å². The Bertz CT molecular complexity index is 789. The maximum Gasteiger partial charge on any atom is 0.268 e. The van der Waals surface area contributed by atoms with Gasteiger partial charge in [0.2, 0.25) is 0 Å². The van der Waals surface area contributed by atoms with E-state index in [-0.39, 0.29) is 11.9 Å². The second kappa shape index (κ2) is 5.39. The first-order valence-corrected chi connectivity index (χ1v) is 8.20. The molecule has 2 aliphatic heterocycles. The summed E-state index contributed by atoms with van der Waals surface area (Å²) in [5.74, 6) is -0.0818. The minimum atomic E-state index is -0.0818. The first-order valence-electron chi connectivity index (χ1n) is 8.20. The van der Waals surface area contributed by atoms with Crippen LogP contribution in [-0.2, 0) is 0 Å². The molecule has 0 saturated carbocycles. The fraction of sp³-hybridized carbons (Fsp3) is 0.444. The third-order valence-corrected chi connectivity index (χ3v) is 5.46. The molecule has 23 heavy (non-hydrogen) atoms. The van der Waals surface area contributed by atoms with Crippen LogP contribution >= 0.6 is 0 Å². The fourth-order valence-corrected chi connectivity index (χ4v) is 4.21. The molecule has 2 aliphatic rings. The Labute approximate surface area is 135 Å². The van der Waals surface area contributed by atoms with Crippen molar-refractivity contribution in [2.45, 2.75) is 43.8 Å². The number of fused-ring (bicyclic) bond motifs is 3. The van der Waals surface area contributed by atoms with Crippen LogP contribution in [0.3, 0.4) is 0 Å². The van der Waals surface area contributed by atoms with Gasteiger partial charge in [0.15, 0.2) is 0 Å². The van der Waals surface area contributed by atoms with Gasteiger partial charge in [-0.2, -0.15) is 5.26 Å². The van der Waals surface area contributed by atoms with E-state index in [0.29, 0.717) is 23.3 Å². The highest BCUT2D eigenvalue weighted by Crippen LogP contribution is 2.34. The maximum absolute atomic E-state index is 12.7. The highest BCUT2D eigenvalue weighted by Gasteiger charge is 2.39. The van der Waals surface area contributed by atoms with Gasteiger partial charge in [0.25, 0.3) is 5.91 Å². The molecule has 2 fully saturated rings. The monoisotopic (exact) mass is 308 g/mol. The van der Waals surface area contributed by atoms with E-state index in [1.807, 2.05) is 24.4 Å². The van der Waals surface area contributed by atoms with Crippen molar-refractivity contribution in [3.8, 4) is 6.07 Å². The average molecular weight is 308 g/mol. The van der Waals surface area contributed by atoms with Crippen LogP contribution in [-0.4, -0.2) is 40.4 Å². The van der Waals surface area contributed by atoms with Gasteiger partial charge in [-0.1, -0.05) is 6.07 Å². The maximum atomic E-state index is 12.7. The van der Waals surface area contributed by atoms with E-state index in [1.165, 1.54) is 12.8 Å². The number of amides is 1. The zero-order valence-electron chi connectivity index (χ0n) is 13.2. The van der Waals surface area contributed by atoms with E-state index in [1.54, 1.807) is 10.5 Å². The minimum absolute atomic E-state index is 0.0818. The minimum Gasteiger partial charge on any atom is -0.348 e. The van der Waals surface area contributed by atoms with Crippen LogP contribution in [0.1, 0.15) is 41.7 Å². The zero-order valence-corrected chi connectivity index (χ0v) is 13.2. The van der Waals surface area contributed by atoms with Crippen LogP contribution in [0.2, 0.25) is 0 Å². The highest BCUT2D eigenvalue weighted by atomic mass is 16.2. The van der Waals surface area contributed by atoms with E-state index in [0.717, 1.165) is 18.4 Å². The lowest BCUT2D eigenvalue weighted by molar-refractivity contribution is 0.0877. The number of pyridine rings is 1. The van der Waals surface area contributed by atoms with E-state index in [9.17, 15) is 10.1 Å². The Morgan fingerprint density at radius 1 is 1.30 bits per heavy atom. The first-order chi connectivity index (χ1) is 11.2. The SMILES string of the molecule is CN1C2CCC1CC(NC(=O)c1cc(C#N)c3ccccn13)C2. The summed E-state index contributed by atoms with van der Waals surface area (Å²) in [6.45, 7) is 0. The zero-order chi connectivity index (χ0) is 16.0. The number of nitrogens with one attached hydrogen (secondary N) is 1. The summed E-state index contributed by atoms with van der Waals surface area (Å²) in [4.78, 5) is 15.2. The average Bonchev–Trinajstić information content (AvgIpc) is 3.01. The molecule has 4 heterocycles. The summed E-state index contributed by atoms with van der Waals surface area (Å²) in [6.07, 6.45) is 6.35. The molecule has 0 radical (unpaired) electrons. The predicted molar refractivity (Wildman–Crippen MR) is 87.2 cm³/mol. The molecule has 5 nitrogen and oxygen atoms in total. The molecule has 2 atom stereocenters. The Kier molecular flexibility index (Phi) is 3.35. The molecule has 0 aliphatic carbocycles. The second-order valence-electron chi connectivity index (χ2n) is 6.70. The van der Waals surface area contributed by atoms with Crippen molar-refractivity contribution < 1.29 is 4.79 Å². The molecule has 2 aromatic rings. The standard InChI is InChI=1S/C18H20N4O/c1-21-14-5-6-15(21)10-13(9-14)20-18(23)17-8-12(11-19)16-4-2-3-7-22(16)17/h2-4,7-8,13-15H,5-6,9-10H2,1H3,(H,20,23). The number of carbonyl (C=O) groups excluding carboxylic acids is 1. The molecule has 2 unspecified atom stereocenters. The third kappa shape index (κ3) is 2.30. The highest BCUT2D eigenvalue weighted by molar-refractivity contribution is 5.95. The summed E-state index contributed by atoms with van der Waals surface area (Å²) in [6, 6.07) is 10.9. The molecular formula is C18H20N4O. The number of piperidine rings is 1. The number of nitrogens with zero attached hydrogens (tertiary/aromatic N) is 3. The van der Waals surface area contributed by atoms with Crippen LogP contribution < -0.4 is 5.32 Å². The molecule has 5 heteroatoms. The molecule has 1 N–H and O–H groups in total. The number of aromatic nitrogens is 1. The molecule has 0 aromatic carbocycles. The Morgan fingerprint density at radius 3 is 2.74 bits per heavy atom. The predicted octanol–water partition coefficient (Wildman–Crippen LogP) is 2.17. The van der Waals surface area contributed by atoms with E-state index in [2.05, 4.69) is 23.3 Å².